The summed E-state index contributed by atoms with van der Waals surface area (Å²) in [5.41, 5.74) is 2.08. The van der Waals surface area contributed by atoms with Gasteiger partial charge in [0.1, 0.15) is 5.52 Å². The van der Waals surface area contributed by atoms with Crippen molar-refractivity contribution in [3.05, 3.63) is 30.1 Å². The van der Waals surface area contributed by atoms with Crippen molar-refractivity contribution in [2.24, 2.45) is 5.41 Å². The van der Waals surface area contributed by atoms with Gasteiger partial charge in [0, 0.05) is 6.04 Å². The summed E-state index contributed by atoms with van der Waals surface area (Å²) in [6.45, 7) is 4.43. The predicted molar refractivity (Wildman–Crippen MR) is 64.1 cm³/mol. The maximum atomic E-state index is 11.1. The van der Waals surface area contributed by atoms with Crippen molar-refractivity contribution in [3.8, 4) is 0 Å². The molecule has 1 fully saturated rings. The Labute approximate surface area is 98.9 Å². The van der Waals surface area contributed by atoms with Crippen LogP contribution in [-0.4, -0.2) is 20.6 Å². The molecule has 1 aliphatic carbocycles. The smallest absolute Gasteiger partial charge is 0.337 e. The van der Waals surface area contributed by atoms with Gasteiger partial charge >= 0.3 is 5.97 Å². The van der Waals surface area contributed by atoms with Gasteiger partial charge in [-0.1, -0.05) is 19.9 Å². The van der Waals surface area contributed by atoms with Crippen molar-refractivity contribution in [1.29, 1.82) is 0 Å². The molecule has 1 atom stereocenters. The lowest BCUT2D eigenvalue weighted by Gasteiger charge is -2.06. The van der Waals surface area contributed by atoms with E-state index in [-0.39, 0.29) is 5.56 Å². The number of rotatable bonds is 2. The Balaban J connectivity index is 2.18. The summed E-state index contributed by atoms with van der Waals surface area (Å²) in [6.07, 6.45) is 2.88. The predicted octanol–water partition coefficient (Wildman–Crippen LogP) is 2.71. The third-order valence-electron chi connectivity index (χ3n) is 3.63. The molecule has 1 saturated carbocycles. The van der Waals surface area contributed by atoms with E-state index in [9.17, 15) is 4.79 Å². The van der Waals surface area contributed by atoms with Crippen molar-refractivity contribution in [3.63, 3.8) is 0 Å². The number of imidazole rings is 1. The lowest BCUT2D eigenvalue weighted by molar-refractivity contribution is 0.0699. The van der Waals surface area contributed by atoms with Gasteiger partial charge in [-0.05, 0) is 24.0 Å². The van der Waals surface area contributed by atoms with Gasteiger partial charge in [0.25, 0.3) is 0 Å². The average molecular weight is 230 g/mol. The van der Waals surface area contributed by atoms with Gasteiger partial charge in [-0.25, -0.2) is 9.78 Å². The van der Waals surface area contributed by atoms with Crippen LogP contribution >= 0.6 is 0 Å². The van der Waals surface area contributed by atoms with E-state index in [1.165, 1.54) is 0 Å². The van der Waals surface area contributed by atoms with Crippen LogP contribution in [0.1, 0.15) is 36.7 Å². The van der Waals surface area contributed by atoms with Crippen LogP contribution in [0.2, 0.25) is 0 Å². The summed E-state index contributed by atoms with van der Waals surface area (Å²) < 4.78 is 2.10. The van der Waals surface area contributed by atoms with E-state index in [1.807, 2.05) is 6.07 Å². The van der Waals surface area contributed by atoms with Crippen molar-refractivity contribution in [2.75, 3.05) is 0 Å². The van der Waals surface area contributed by atoms with Gasteiger partial charge < -0.3 is 9.67 Å². The summed E-state index contributed by atoms with van der Waals surface area (Å²) >= 11 is 0. The van der Waals surface area contributed by atoms with E-state index >= 15 is 0 Å². The molecular weight excluding hydrogens is 216 g/mol. The fraction of sp³-hybridized carbons (Fsp3) is 0.385. The molecule has 1 N–H and O–H groups in total. The second kappa shape index (κ2) is 3.09. The van der Waals surface area contributed by atoms with Crippen molar-refractivity contribution in [1.82, 2.24) is 9.55 Å². The van der Waals surface area contributed by atoms with Gasteiger partial charge in [0.05, 0.1) is 17.4 Å². The molecular formula is C13H14N2O2. The highest BCUT2D eigenvalue weighted by Gasteiger charge is 2.47. The number of aromatic nitrogens is 2. The molecule has 17 heavy (non-hydrogen) atoms. The minimum atomic E-state index is -0.920. The Kier molecular flexibility index (Phi) is 1.88. The number of hydrogen-bond donors (Lipinski definition) is 1. The van der Waals surface area contributed by atoms with Gasteiger partial charge in [0.15, 0.2) is 0 Å². The highest BCUT2D eigenvalue weighted by atomic mass is 16.4. The Morgan fingerprint density at radius 1 is 1.53 bits per heavy atom. The zero-order valence-electron chi connectivity index (χ0n) is 9.84. The fourth-order valence-electron chi connectivity index (χ4n) is 2.39. The van der Waals surface area contributed by atoms with Gasteiger partial charge in [0.2, 0.25) is 0 Å². The number of hydrogen-bond acceptors (Lipinski definition) is 2. The number of benzene rings is 1. The highest BCUT2D eigenvalue weighted by molar-refractivity contribution is 6.00. The molecule has 1 unspecified atom stereocenters. The average Bonchev–Trinajstić information content (AvgIpc) is 2.74. The number of carbonyl (C=O) groups is 1. The molecule has 4 heteroatoms. The zero-order chi connectivity index (χ0) is 12.2. The summed E-state index contributed by atoms with van der Waals surface area (Å²) in [7, 11) is 0. The van der Waals surface area contributed by atoms with Crippen LogP contribution in [0.3, 0.4) is 0 Å². The molecule has 0 radical (unpaired) electrons. The van der Waals surface area contributed by atoms with Gasteiger partial charge in [-0.3, -0.25) is 0 Å². The molecule has 0 amide bonds. The second-order valence-electron chi connectivity index (χ2n) is 5.34. The normalized spacial score (nSPS) is 21.6. The Bertz CT molecular complexity index is 613. The molecule has 88 valence electrons. The first-order valence-corrected chi connectivity index (χ1v) is 5.69. The minimum Gasteiger partial charge on any atom is -0.478 e. The topological polar surface area (TPSA) is 55.1 Å². The Morgan fingerprint density at radius 2 is 2.24 bits per heavy atom. The molecule has 1 aliphatic rings. The second-order valence-corrected chi connectivity index (χ2v) is 5.34. The fourth-order valence-corrected chi connectivity index (χ4v) is 2.39. The summed E-state index contributed by atoms with van der Waals surface area (Å²) in [6, 6.07) is 5.75. The van der Waals surface area contributed by atoms with Crippen LogP contribution in [-0.2, 0) is 0 Å². The molecule has 1 aromatic heterocycles. The van der Waals surface area contributed by atoms with Crippen LogP contribution < -0.4 is 0 Å². The number of carboxylic acids is 1. The standard InChI is InChI=1S/C13H14N2O2/c1-13(2)6-10(13)15-7-14-11-8(12(16)17)4-3-5-9(11)15/h3-5,7,10H,6H2,1-2H3,(H,16,17). The third kappa shape index (κ3) is 1.44. The summed E-state index contributed by atoms with van der Waals surface area (Å²) in [5, 5.41) is 9.10. The molecule has 4 nitrogen and oxygen atoms in total. The molecule has 0 saturated heterocycles. The summed E-state index contributed by atoms with van der Waals surface area (Å²) in [5.74, 6) is -0.920. The van der Waals surface area contributed by atoms with E-state index in [0.29, 0.717) is 17.0 Å². The third-order valence-corrected chi connectivity index (χ3v) is 3.63. The molecule has 0 spiro atoms. The first kappa shape index (κ1) is 10.3. The van der Waals surface area contributed by atoms with Crippen LogP contribution in [0.25, 0.3) is 11.0 Å². The summed E-state index contributed by atoms with van der Waals surface area (Å²) in [4.78, 5) is 15.3. The van der Waals surface area contributed by atoms with E-state index in [0.717, 1.165) is 11.9 Å². The molecule has 3 rings (SSSR count). The van der Waals surface area contributed by atoms with E-state index in [1.54, 1.807) is 18.5 Å². The van der Waals surface area contributed by atoms with Crippen molar-refractivity contribution >= 4 is 17.0 Å². The van der Waals surface area contributed by atoms with Crippen molar-refractivity contribution in [2.45, 2.75) is 26.3 Å². The minimum absolute atomic E-state index is 0.278. The lowest BCUT2D eigenvalue weighted by atomic mass is 10.1. The first-order chi connectivity index (χ1) is 8.00. The largest absolute Gasteiger partial charge is 0.478 e. The van der Waals surface area contributed by atoms with E-state index in [2.05, 4.69) is 23.4 Å². The number of carboxylic acid groups (broad SMARTS) is 1. The number of fused-ring (bicyclic) bond motifs is 1. The monoisotopic (exact) mass is 230 g/mol. The Hall–Kier alpha value is -1.84. The SMILES string of the molecule is CC1(C)CC1n1cnc2c(C(=O)O)cccc21. The highest BCUT2D eigenvalue weighted by Crippen LogP contribution is 2.56. The zero-order valence-corrected chi connectivity index (χ0v) is 9.84. The molecule has 0 aliphatic heterocycles. The van der Waals surface area contributed by atoms with Crippen LogP contribution in [0.5, 0.6) is 0 Å². The van der Waals surface area contributed by atoms with E-state index < -0.39 is 5.97 Å². The van der Waals surface area contributed by atoms with Gasteiger partial charge in [-0.2, -0.15) is 0 Å². The quantitative estimate of drug-likeness (QED) is 0.863. The number of para-hydroxylation sites is 1. The number of nitrogens with zero attached hydrogens (tertiary/aromatic N) is 2. The number of aromatic carboxylic acids is 1. The first-order valence-electron chi connectivity index (χ1n) is 5.69. The van der Waals surface area contributed by atoms with Crippen LogP contribution in [0.4, 0.5) is 0 Å². The molecule has 0 bridgehead atoms. The van der Waals surface area contributed by atoms with Crippen molar-refractivity contribution < 1.29 is 9.90 Å². The molecule has 2 aromatic rings. The molecule has 1 heterocycles. The Morgan fingerprint density at radius 3 is 2.82 bits per heavy atom. The van der Waals surface area contributed by atoms with Crippen LogP contribution in [0.15, 0.2) is 24.5 Å². The maximum absolute atomic E-state index is 11.1. The van der Waals surface area contributed by atoms with Crippen LogP contribution in [0, 0.1) is 5.41 Å². The van der Waals surface area contributed by atoms with Gasteiger partial charge in [-0.15, -0.1) is 0 Å². The van der Waals surface area contributed by atoms with E-state index in [4.69, 9.17) is 5.11 Å². The molecule has 1 aromatic carbocycles. The lowest BCUT2D eigenvalue weighted by Crippen LogP contribution is -2.00. The maximum Gasteiger partial charge on any atom is 0.337 e.